The van der Waals surface area contributed by atoms with Crippen molar-refractivity contribution in [3.63, 3.8) is 0 Å². The number of anilines is 1. The lowest BCUT2D eigenvalue weighted by atomic mass is 10.1. The number of piperazine rings is 1. The molecule has 2 N–H and O–H groups in total. The third-order valence-electron chi connectivity index (χ3n) is 4.84. The second-order valence-electron chi connectivity index (χ2n) is 6.81. The van der Waals surface area contributed by atoms with Gasteiger partial charge in [-0.1, -0.05) is 41.9 Å². The summed E-state index contributed by atoms with van der Waals surface area (Å²) < 4.78 is 0. The number of phenols is 1. The fourth-order valence-electron chi connectivity index (χ4n) is 3.23. The van der Waals surface area contributed by atoms with Crippen molar-refractivity contribution in [3.8, 4) is 5.75 Å². The van der Waals surface area contributed by atoms with E-state index in [2.05, 4.69) is 5.32 Å². The summed E-state index contributed by atoms with van der Waals surface area (Å²) >= 11 is 6.06. The average Bonchev–Trinajstić information content (AvgIpc) is 2.69. The van der Waals surface area contributed by atoms with E-state index in [9.17, 15) is 14.7 Å². The first kappa shape index (κ1) is 20.2. The second-order valence-corrected chi connectivity index (χ2v) is 7.22. The number of halogens is 1. The smallest absolute Gasteiger partial charge is 0.238 e. The Morgan fingerprint density at radius 3 is 2.39 bits per heavy atom. The van der Waals surface area contributed by atoms with Gasteiger partial charge in [0.15, 0.2) is 0 Å². The van der Waals surface area contributed by atoms with Crippen molar-refractivity contribution in [3.05, 3.63) is 59.1 Å². The molecule has 2 amide bonds. The molecular weight excluding hydrogens is 378 g/mol. The van der Waals surface area contributed by atoms with Crippen LogP contribution < -0.4 is 5.32 Å². The summed E-state index contributed by atoms with van der Waals surface area (Å²) in [5, 5.41) is 13.1. The number of hydrogen-bond donors (Lipinski definition) is 2. The van der Waals surface area contributed by atoms with Crippen molar-refractivity contribution < 1.29 is 14.7 Å². The van der Waals surface area contributed by atoms with Crippen molar-refractivity contribution >= 4 is 29.1 Å². The summed E-state index contributed by atoms with van der Waals surface area (Å²) in [6.45, 7) is 2.76. The monoisotopic (exact) mass is 401 g/mol. The summed E-state index contributed by atoms with van der Waals surface area (Å²) in [5.74, 6) is 0.181. The van der Waals surface area contributed by atoms with Crippen LogP contribution in [0.2, 0.25) is 5.02 Å². The number of para-hydroxylation sites is 2. The Labute approximate surface area is 169 Å². The highest BCUT2D eigenvalue weighted by molar-refractivity contribution is 6.33. The highest BCUT2D eigenvalue weighted by Crippen LogP contribution is 2.20. The zero-order valence-corrected chi connectivity index (χ0v) is 16.4. The molecule has 0 atom stereocenters. The van der Waals surface area contributed by atoms with Crippen molar-refractivity contribution in [2.45, 2.75) is 12.8 Å². The molecule has 0 radical (unpaired) electrons. The molecule has 2 aromatic carbocycles. The van der Waals surface area contributed by atoms with E-state index >= 15 is 0 Å². The maximum atomic E-state index is 12.4. The number of benzene rings is 2. The van der Waals surface area contributed by atoms with Gasteiger partial charge in [0.25, 0.3) is 0 Å². The molecule has 0 saturated carbocycles. The molecule has 2 aromatic rings. The minimum Gasteiger partial charge on any atom is -0.508 e. The Morgan fingerprint density at radius 2 is 1.68 bits per heavy atom. The maximum Gasteiger partial charge on any atom is 0.238 e. The molecule has 1 aliphatic rings. The van der Waals surface area contributed by atoms with Gasteiger partial charge in [-0.15, -0.1) is 0 Å². The molecule has 0 bridgehead atoms. The third-order valence-corrected chi connectivity index (χ3v) is 5.17. The van der Waals surface area contributed by atoms with Crippen LogP contribution in [0, 0.1) is 0 Å². The molecule has 3 rings (SSSR count). The van der Waals surface area contributed by atoms with Crippen LogP contribution in [-0.2, 0) is 16.0 Å². The molecule has 6 nitrogen and oxygen atoms in total. The van der Waals surface area contributed by atoms with Gasteiger partial charge >= 0.3 is 0 Å². The Morgan fingerprint density at radius 1 is 1.00 bits per heavy atom. The summed E-state index contributed by atoms with van der Waals surface area (Å²) in [5.41, 5.74) is 1.39. The lowest BCUT2D eigenvalue weighted by molar-refractivity contribution is -0.133. The van der Waals surface area contributed by atoms with Gasteiger partial charge in [-0.2, -0.15) is 0 Å². The van der Waals surface area contributed by atoms with E-state index in [1.165, 1.54) is 0 Å². The zero-order chi connectivity index (χ0) is 19.9. The third kappa shape index (κ3) is 5.47. The molecule has 1 saturated heterocycles. The normalized spacial score (nSPS) is 14.7. The maximum absolute atomic E-state index is 12.4. The Hall–Kier alpha value is -2.57. The van der Waals surface area contributed by atoms with Crippen molar-refractivity contribution in [2.75, 3.05) is 38.0 Å². The number of phenolic OH excluding ortho intramolecular Hbond substituents is 1. The molecule has 0 spiro atoms. The topological polar surface area (TPSA) is 72.9 Å². The number of rotatable bonds is 6. The predicted octanol–water partition coefficient (Wildman–Crippen LogP) is 2.76. The predicted molar refractivity (Wildman–Crippen MR) is 110 cm³/mol. The van der Waals surface area contributed by atoms with E-state index in [4.69, 9.17) is 11.6 Å². The van der Waals surface area contributed by atoms with E-state index in [1.807, 2.05) is 34.1 Å². The Kier molecular flexibility index (Phi) is 6.90. The number of nitrogens with one attached hydrogen (secondary N) is 1. The lowest BCUT2D eigenvalue weighted by Crippen LogP contribution is -2.50. The van der Waals surface area contributed by atoms with E-state index in [1.54, 1.807) is 24.3 Å². The highest BCUT2D eigenvalue weighted by atomic mass is 35.5. The van der Waals surface area contributed by atoms with Crippen LogP contribution in [0.25, 0.3) is 0 Å². The van der Waals surface area contributed by atoms with Gasteiger partial charge < -0.3 is 15.3 Å². The average molecular weight is 402 g/mol. The molecule has 1 heterocycles. The molecule has 1 aliphatic heterocycles. The van der Waals surface area contributed by atoms with Crippen LogP contribution in [0.5, 0.6) is 5.75 Å². The first-order valence-corrected chi connectivity index (χ1v) is 9.72. The number of hydrogen-bond acceptors (Lipinski definition) is 4. The lowest BCUT2D eigenvalue weighted by Gasteiger charge is -2.34. The number of carbonyl (C=O) groups is 2. The van der Waals surface area contributed by atoms with Crippen LogP contribution >= 0.6 is 11.6 Å². The summed E-state index contributed by atoms with van der Waals surface area (Å²) in [4.78, 5) is 28.5. The van der Waals surface area contributed by atoms with Gasteiger partial charge in [-0.3, -0.25) is 14.5 Å². The van der Waals surface area contributed by atoms with E-state index in [0.29, 0.717) is 49.7 Å². The number of aryl methyl sites for hydroxylation is 1. The minimum absolute atomic E-state index is 0.0726. The largest absolute Gasteiger partial charge is 0.508 e. The first-order valence-electron chi connectivity index (χ1n) is 9.34. The number of carbonyl (C=O) groups excluding carboxylic acids is 2. The van der Waals surface area contributed by atoms with Gasteiger partial charge in [-0.05, 0) is 30.2 Å². The van der Waals surface area contributed by atoms with Crippen LogP contribution in [-0.4, -0.2) is 59.4 Å². The number of nitrogens with zero attached hydrogens (tertiary/aromatic N) is 2. The van der Waals surface area contributed by atoms with Crippen LogP contribution in [0.4, 0.5) is 5.69 Å². The van der Waals surface area contributed by atoms with E-state index < -0.39 is 0 Å². The molecule has 7 heteroatoms. The van der Waals surface area contributed by atoms with E-state index in [0.717, 1.165) is 5.56 Å². The van der Waals surface area contributed by atoms with E-state index in [-0.39, 0.29) is 24.1 Å². The molecular formula is C21H24ClN3O3. The minimum atomic E-state index is -0.118. The number of aromatic hydroxyl groups is 1. The SMILES string of the molecule is O=C(CN1CCN(C(=O)CCc2ccccc2O)CC1)Nc1ccccc1Cl. The van der Waals surface area contributed by atoms with Crippen LogP contribution in [0.1, 0.15) is 12.0 Å². The van der Waals surface area contributed by atoms with Gasteiger partial charge in [0.1, 0.15) is 5.75 Å². The van der Waals surface area contributed by atoms with Gasteiger partial charge in [0, 0.05) is 32.6 Å². The summed E-state index contributed by atoms with van der Waals surface area (Å²) in [6, 6.07) is 14.2. The summed E-state index contributed by atoms with van der Waals surface area (Å²) in [7, 11) is 0. The molecule has 28 heavy (non-hydrogen) atoms. The first-order chi connectivity index (χ1) is 13.5. The van der Waals surface area contributed by atoms with Gasteiger partial charge in [0.2, 0.25) is 11.8 Å². The fraction of sp³-hybridized carbons (Fsp3) is 0.333. The van der Waals surface area contributed by atoms with Gasteiger partial charge in [0.05, 0.1) is 17.3 Å². The Bertz CT molecular complexity index is 835. The van der Waals surface area contributed by atoms with Crippen LogP contribution in [0.15, 0.2) is 48.5 Å². The van der Waals surface area contributed by atoms with Crippen molar-refractivity contribution in [1.29, 1.82) is 0 Å². The summed E-state index contributed by atoms with van der Waals surface area (Å²) in [6.07, 6.45) is 0.885. The quantitative estimate of drug-likeness (QED) is 0.780. The van der Waals surface area contributed by atoms with Crippen molar-refractivity contribution in [2.24, 2.45) is 0 Å². The molecule has 0 aliphatic carbocycles. The highest BCUT2D eigenvalue weighted by Gasteiger charge is 2.22. The molecule has 1 fully saturated rings. The van der Waals surface area contributed by atoms with Crippen molar-refractivity contribution in [1.82, 2.24) is 9.80 Å². The molecule has 148 valence electrons. The second kappa shape index (κ2) is 9.57. The standard InChI is InChI=1S/C21H24ClN3O3/c22-17-6-2-3-7-18(17)23-20(27)15-24-11-13-25(14-12-24)21(28)10-9-16-5-1-4-8-19(16)26/h1-8,26H,9-15H2,(H,23,27). The van der Waals surface area contributed by atoms with Gasteiger partial charge in [-0.25, -0.2) is 0 Å². The van der Waals surface area contributed by atoms with Crippen LogP contribution in [0.3, 0.4) is 0 Å². The zero-order valence-electron chi connectivity index (χ0n) is 15.6. The Balaban J connectivity index is 1.41. The molecule has 0 unspecified atom stereocenters. The molecule has 0 aromatic heterocycles. The number of amides is 2. The fourth-order valence-corrected chi connectivity index (χ4v) is 3.42.